The van der Waals surface area contributed by atoms with Crippen LogP contribution in [-0.2, 0) is 53.4 Å². The van der Waals surface area contributed by atoms with E-state index in [2.05, 4.69) is 142 Å². The minimum atomic E-state index is -0.676. The molecule has 33 nitrogen and oxygen atoms in total. The number of amides is 5. The number of fused-ring (bicyclic) bond motifs is 3. The molecular formula is C100H125Br5N15NaO18. The van der Waals surface area contributed by atoms with E-state index in [-0.39, 0.29) is 104 Å². The molecule has 9 heterocycles. The number of aliphatic hydroxyl groups excluding tert-OH is 1. The summed E-state index contributed by atoms with van der Waals surface area (Å²) in [4.78, 5) is 115. The Morgan fingerprint density at radius 3 is 1.29 bits per heavy atom. The molecule has 139 heavy (non-hydrogen) atoms. The molecular weight excluding hydrogens is 2120 g/mol. The number of ether oxygens (including phenoxy) is 2. The largest absolute Gasteiger partial charge is 1.00 e. The minimum Gasteiger partial charge on any atom is -0.870 e. The van der Waals surface area contributed by atoms with Gasteiger partial charge < -0.3 is 78.0 Å². The summed E-state index contributed by atoms with van der Waals surface area (Å²) < 4.78 is 47.9. The molecule has 2 unspecified atom stereocenters. The average molecular weight is 2250 g/mol. The van der Waals surface area contributed by atoms with Gasteiger partial charge in [-0.25, -0.2) is 9.59 Å². The van der Waals surface area contributed by atoms with Crippen molar-refractivity contribution in [3.8, 4) is 0 Å². The van der Waals surface area contributed by atoms with Gasteiger partial charge in [0.25, 0.3) is 28.5 Å². The van der Waals surface area contributed by atoms with Gasteiger partial charge in [-0.15, -0.1) is 0 Å². The molecule has 5 aromatic carbocycles. The summed E-state index contributed by atoms with van der Waals surface area (Å²) in [6.07, 6.45) is 9.01. The standard InChI is InChI=1S/C20H25BrN4O2.C17H20N2O4.C16H14Br2N2O2.C16H18N2O3.C16H16N2O2.C9H13NO3.C4H12N2.C2H6O.Br2.Na.H2O/c1-4-16(22-10-11-24(2)3)18-23-19-15(12-17(21)27-19)20(26)25(18)13-14-8-6-5-7-9-14;1-17(2,3)23-16(21)19-15-13(9-10-22-15)14(20)18-11-12-7-5-4-6-8-12;1-2-12(17)14-19-15-11(8-13(18)22-15)16(21)20(14)9-10-6-4-3-5-7-10;1-2-6-14(19)18-16-13(9-10-21-16)15(20)17-11-12-7-4-3-5-8-12;1-2-6-14-17-15-13(9-10-20-15)16(19)18(14)11-12-7-4-3-5-8-12;1-9(2,3)13-8(11)10-7-5-4-6-12-7;1-6(2)4-3-5;1-2-3;1-2;;/h5-9,12,16,22H,4,10-11,13H2,1-3H3;4-10H,11H2,1-3H3,(H,18,20)(H,19,21);3-8,12H,2,9H2,1H3;3-5,7-10H,2,6,11H2,1H3,(H,17,20)(H,18,19);3-5,7-10H,2,6,11H2,1H3;4-6H,1-3H3,(H,10,11);3-5H2,1-2H3;3H,2H2,1H3;;;1H2/q;;;;;;;;;+1;/p-1. The summed E-state index contributed by atoms with van der Waals surface area (Å²) in [6, 6.07) is 60.3. The van der Waals surface area contributed by atoms with E-state index >= 15 is 0 Å². The van der Waals surface area contributed by atoms with Crippen LogP contribution in [0.3, 0.4) is 0 Å². The molecule has 0 radical (unpaired) electrons. The molecule has 0 spiro atoms. The number of anilines is 3. The fraction of sp³-hybridized carbons (Fsp3) is 0.350. The molecule has 14 rings (SSSR count). The average Bonchev–Trinajstić information content (AvgIpc) is 1.73. The van der Waals surface area contributed by atoms with Gasteiger partial charge in [0, 0.05) is 105 Å². The van der Waals surface area contributed by atoms with Crippen molar-refractivity contribution in [2.45, 2.75) is 169 Å². The van der Waals surface area contributed by atoms with Crippen molar-refractivity contribution >= 4 is 157 Å². The Kier molecular flexibility index (Phi) is 55.4. The molecule has 0 saturated heterocycles. The molecule has 0 fully saturated rings. The number of rotatable bonds is 29. The van der Waals surface area contributed by atoms with Crippen LogP contribution in [0.2, 0.25) is 0 Å². The number of hydrogen-bond donors (Lipinski definition) is 8. The second-order valence-electron chi connectivity index (χ2n) is 32.7. The van der Waals surface area contributed by atoms with Crippen LogP contribution in [0, 0.1) is 0 Å². The Labute approximate surface area is 872 Å². The fourth-order valence-corrected chi connectivity index (χ4v) is 13.6. The van der Waals surface area contributed by atoms with Crippen LogP contribution < -0.4 is 83.9 Å². The van der Waals surface area contributed by atoms with E-state index in [0.717, 1.165) is 91.9 Å². The molecule has 0 aliphatic carbocycles. The van der Waals surface area contributed by atoms with Gasteiger partial charge in [0.05, 0.1) is 55.6 Å². The van der Waals surface area contributed by atoms with Crippen molar-refractivity contribution < 1.29 is 100 Å². The summed E-state index contributed by atoms with van der Waals surface area (Å²) in [5.74, 6) is 2.03. The summed E-state index contributed by atoms with van der Waals surface area (Å²) >= 11 is 15.7. The minimum absolute atomic E-state index is 0. The van der Waals surface area contributed by atoms with Gasteiger partial charge in [-0.1, -0.05) is 195 Å². The molecule has 0 bridgehead atoms. The van der Waals surface area contributed by atoms with Gasteiger partial charge in [0.1, 0.15) is 56.0 Å². The van der Waals surface area contributed by atoms with Crippen LogP contribution in [0.5, 0.6) is 0 Å². The molecule has 39 heteroatoms. The number of carbonyl (C=O) groups is 5. The number of nitrogens with two attached hydrogens (primary N) is 1. The second kappa shape index (κ2) is 63.9. The summed E-state index contributed by atoms with van der Waals surface area (Å²) in [7, 11) is 8.09. The number of aromatic nitrogens is 6. The zero-order chi connectivity index (χ0) is 101. The first kappa shape index (κ1) is 121. The van der Waals surface area contributed by atoms with Crippen molar-refractivity contribution in [2.24, 2.45) is 5.73 Å². The van der Waals surface area contributed by atoms with Crippen molar-refractivity contribution in [1.82, 2.24) is 54.4 Å². The van der Waals surface area contributed by atoms with E-state index in [4.69, 9.17) is 51.8 Å². The van der Waals surface area contributed by atoms with Gasteiger partial charge >= 0.3 is 41.7 Å². The van der Waals surface area contributed by atoms with Crippen LogP contribution >= 0.6 is 76.0 Å². The van der Waals surface area contributed by atoms with E-state index in [9.17, 15) is 38.4 Å². The van der Waals surface area contributed by atoms with Gasteiger partial charge in [0.2, 0.25) is 40.7 Å². The number of likely N-dealkylation sites (N-methyl/N-ethyl adjacent to an activating group) is 2. The van der Waals surface area contributed by atoms with Crippen molar-refractivity contribution in [1.29, 1.82) is 0 Å². The SMILES string of the molecule is BrBr.CC(C)(C)OC(=O)Nc1ccco1.CC(C)(C)OC(=O)Nc1occc1C(=O)NCc1ccccc1.CCC(Br)c1nc2oc(Br)cc2c(=O)n1Cc1ccccc1.CCC(NCCN(C)C)c1nc2oc(Br)cc2c(=O)n1Cc1ccccc1.CCCC(=O)Nc1occc1C(=O)NCc1ccccc1.CCCc1nc2occc2c(=O)n1Cc1ccccc1.CCO.CN(C)CCN.[Na+].[OH-]. The number of nitrogens with one attached hydrogen (secondary N) is 6. The molecule has 5 amide bonds. The number of furan rings is 6. The Hall–Kier alpha value is -10.7. The zero-order valence-electron chi connectivity index (χ0n) is 81.2. The third-order valence-corrected chi connectivity index (χ3v) is 20.6. The van der Waals surface area contributed by atoms with Crippen LogP contribution in [0.15, 0.2) is 269 Å². The summed E-state index contributed by atoms with van der Waals surface area (Å²) in [5, 5.41) is 25.7. The molecule has 0 aliphatic rings. The van der Waals surface area contributed by atoms with Gasteiger partial charge in [-0.3, -0.25) is 58.4 Å². The monoisotopic (exact) mass is 2240 g/mol. The van der Waals surface area contributed by atoms with Gasteiger partial charge in [0.15, 0.2) is 9.34 Å². The Morgan fingerprint density at radius 1 is 0.489 bits per heavy atom. The quantitative estimate of drug-likeness (QED) is 0.0159. The molecule has 14 aromatic rings. The molecule has 744 valence electrons. The molecule has 10 N–H and O–H groups in total. The van der Waals surface area contributed by atoms with E-state index in [1.807, 2.05) is 194 Å². The number of nitrogens with zero attached hydrogens (tertiary/aromatic N) is 8. The maximum Gasteiger partial charge on any atom is 1.00 e. The maximum atomic E-state index is 13.2. The van der Waals surface area contributed by atoms with E-state index in [0.29, 0.717) is 105 Å². The number of halogens is 5. The van der Waals surface area contributed by atoms with Gasteiger partial charge in [-0.05, 0) is 186 Å². The van der Waals surface area contributed by atoms with E-state index in [1.165, 1.54) is 31.1 Å². The maximum absolute atomic E-state index is 13.2. The van der Waals surface area contributed by atoms with Crippen molar-refractivity contribution in [3.05, 3.63) is 316 Å². The molecule has 0 saturated carbocycles. The summed E-state index contributed by atoms with van der Waals surface area (Å²) in [6.45, 7) is 26.5. The van der Waals surface area contributed by atoms with Crippen LogP contribution in [0.4, 0.5) is 27.2 Å². The first-order chi connectivity index (χ1) is 65.6. The molecule has 0 aliphatic heterocycles. The number of aliphatic hydroxyl groups is 1. The van der Waals surface area contributed by atoms with Gasteiger partial charge in [-0.2, -0.15) is 15.0 Å². The molecule has 2 atom stereocenters. The van der Waals surface area contributed by atoms with E-state index < -0.39 is 23.4 Å². The summed E-state index contributed by atoms with van der Waals surface area (Å²) in [5.41, 5.74) is 10.8. The van der Waals surface area contributed by atoms with Crippen molar-refractivity contribution in [2.75, 3.05) is 76.9 Å². The smallest absolute Gasteiger partial charge is 0.870 e. The topological polar surface area (TPSA) is 442 Å². The third kappa shape index (κ3) is 42.3. The fourth-order valence-electron chi connectivity index (χ4n) is 12.5. The van der Waals surface area contributed by atoms with Crippen LogP contribution in [0.1, 0.15) is 185 Å². The predicted octanol–water partition coefficient (Wildman–Crippen LogP) is 18.2. The number of carbonyl (C=O) groups excluding carboxylic acids is 5. The van der Waals surface area contributed by atoms with Crippen LogP contribution in [0.25, 0.3) is 33.3 Å². The Morgan fingerprint density at radius 2 is 0.899 bits per heavy atom. The Balaban J connectivity index is 0.000000342. The third-order valence-electron chi connectivity index (χ3n) is 18.8. The number of alkyl halides is 1. The van der Waals surface area contributed by atoms with Crippen molar-refractivity contribution in [3.63, 3.8) is 0 Å². The number of hydrogen-bond acceptors (Lipinski definition) is 25. The molecule has 9 aromatic heterocycles. The zero-order valence-corrected chi connectivity index (χ0v) is 91.2. The Bertz CT molecular complexity index is 6130. The first-order valence-corrected chi connectivity index (χ1v) is 50.5. The normalized spacial score (nSPS) is 11.1. The van der Waals surface area contributed by atoms with Crippen LogP contribution in [-0.4, -0.2) is 151 Å². The number of benzene rings is 5. The second-order valence-corrected chi connectivity index (χ2v) is 35.4. The first-order valence-electron chi connectivity index (χ1n) is 44.3. The number of aryl methyl sites for hydroxylation is 1. The predicted molar refractivity (Wildman–Crippen MR) is 557 cm³/mol. The van der Waals surface area contributed by atoms with E-state index in [1.54, 1.807) is 98.6 Å².